The van der Waals surface area contributed by atoms with E-state index in [0.29, 0.717) is 24.0 Å². The molecule has 0 aliphatic rings. The summed E-state index contributed by atoms with van der Waals surface area (Å²) in [6.07, 6.45) is 4.16. The van der Waals surface area contributed by atoms with Crippen LogP contribution in [-0.4, -0.2) is 26.2 Å². The van der Waals surface area contributed by atoms with Crippen molar-refractivity contribution in [2.75, 3.05) is 20.3 Å². The molecule has 0 fully saturated rings. The third-order valence-corrected chi connectivity index (χ3v) is 2.93. The van der Waals surface area contributed by atoms with Crippen molar-refractivity contribution in [1.29, 1.82) is 5.26 Å². The lowest BCUT2D eigenvalue weighted by atomic mass is 10.1. The Morgan fingerprint density at radius 2 is 2.18 bits per heavy atom. The summed E-state index contributed by atoms with van der Waals surface area (Å²) < 4.78 is 10.5. The van der Waals surface area contributed by atoms with E-state index in [4.69, 9.17) is 14.7 Å². The van der Waals surface area contributed by atoms with Crippen molar-refractivity contribution in [2.45, 2.75) is 20.3 Å². The highest BCUT2D eigenvalue weighted by atomic mass is 16.5. The van der Waals surface area contributed by atoms with Gasteiger partial charge in [-0.2, -0.15) is 5.26 Å². The van der Waals surface area contributed by atoms with Gasteiger partial charge in [0, 0.05) is 12.6 Å². The minimum atomic E-state index is -0.121. The number of hydrogen-bond acceptors (Lipinski definition) is 4. The van der Waals surface area contributed by atoms with E-state index in [0.717, 1.165) is 12.0 Å². The van der Waals surface area contributed by atoms with E-state index in [1.165, 1.54) is 13.2 Å². The Morgan fingerprint density at radius 3 is 2.82 bits per heavy atom. The Hall–Kier alpha value is -2.48. The summed E-state index contributed by atoms with van der Waals surface area (Å²) in [6.45, 7) is 4.86. The molecule has 0 radical (unpaired) electrons. The molecular weight excluding hydrogens is 280 g/mol. The highest BCUT2D eigenvalue weighted by molar-refractivity contribution is 5.91. The molecule has 0 spiro atoms. The predicted octanol–water partition coefficient (Wildman–Crippen LogP) is 2.77. The highest BCUT2D eigenvalue weighted by Gasteiger charge is 2.05. The van der Waals surface area contributed by atoms with E-state index >= 15 is 0 Å². The van der Waals surface area contributed by atoms with Gasteiger partial charge in [0.25, 0.3) is 0 Å². The summed E-state index contributed by atoms with van der Waals surface area (Å²) in [6, 6.07) is 7.17. The molecule has 1 aromatic carbocycles. The summed E-state index contributed by atoms with van der Waals surface area (Å²) in [4.78, 5) is 11.7. The second-order valence-corrected chi connectivity index (χ2v) is 5.16. The number of rotatable bonds is 8. The number of nitrogens with zero attached hydrogens (tertiary/aromatic N) is 1. The van der Waals surface area contributed by atoms with Gasteiger partial charge in [-0.15, -0.1) is 0 Å². The van der Waals surface area contributed by atoms with Crippen LogP contribution in [0.2, 0.25) is 0 Å². The van der Waals surface area contributed by atoms with Crippen molar-refractivity contribution in [3.8, 4) is 17.6 Å². The van der Waals surface area contributed by atoms with Gasteiger partial charge < -0.3 is 14.8 Å². The summed E-state index contributed by atoms with van der Waals surface area (Å²) in [5.41, 5.74) is 0.820. The summed E-state index contributed by atoms with van der Waals surface area (Å²) in [5.74, 6) is 1.47. The average molecular weight is 302 g/mol. The van der Waals surface area contributed by atoms with Gasteiger partial charge in [-0.1, -0.05) is 19.9 Å². The Labute approximate surface area is 131 Å². The average Bonchev–Trinajstić information content (AvgIpc) is 2.50. The van der Waals surface area contributed by atoms with E-state index < -0.39 is 0 Å². The van der Waals surface area contributed by atoms with Gasteiger partial charge in [-0.25, -0.2) is 0 Å². The minimum Gasteiger partial charge on any atom is -0.493 e. The smallest absolute Gasteiger partial charge is 0.243 e. The fourth-order valence-corrected chi connectivity index (χ4v) is 1.73. The van der Waals surface area contributed by atoms with E-state index in [1.807, 2.05) is 6.07 Å². The molecule has 1 N–H and O–H groups in total. The van der Waals surface area contributed by atoms with Gasteiger partial charge in [0.2, 0.25) is 5.91 Å². The second-order valence-electron chi connectivity index (χ2n) is 5.16. The topological polar surface area (TPSA) is 71.3 Å². The molecule has 5 heteroatoms. The Balaban J connectivity index is 2.63. The van der Waals surface area contributed by atoms with E-state index in [9.17, 15) is 4.79 Å². The van der Waals surface area contributed by atoms with E-state index in [-0.39, 0.29) is 12.5 Å². The molecule has 0 aromatic heterocycles. The van der Waals surface area contributed by atoms with Gasteiger partial charge in [0.1, 0.15) is 6.07 Å². The van der Waals surface area contributed by atoms with Crippen LogP contribution in [0.25, 0.3) is 6.08 Å². The van der Waals surface area contributed by atoms with Crippen molar-refractivity contribution in [2.24, 2.45) is 5.92 Å². The molecule has 1 amide bonds. The Morgan fingerprint density at radius 1 is 1.41 bits per heavy atom. The van der Waals surface area contributed by atoms with Gasteiger partial charge in [0.05, 0.1) is 7.11 Å². The third-order valence-electron chi connectivity index (χ3n) is 2.93. The Bertz CT molecular complexity index is 560. The lowest BCUT2D eigenvalue weighted by molar-refractivity contribution is -0.116. The van der Waals surface area contributed by atoms with E-state index in [2.05, 4.69) is 19.2 Å². The molecule has 0 saturated carbocycles. The van der Waals surface area contributed by atoms with Crippen LogP contribution in [0.5, 0.6) is 11.5 Å². The first-order valence-corrected chi connectivity index (χ1v) is 7.20. The molecule has 1 rings (SSSR count). The Kier molecular flexibility index (Phi) is 7.55. The maximum Gasteiger partial charge on any atom is 0.243 e. The monoisotopic (exact) mass is 302 g/mol. The predicted molar refractivity (Wildman–Crippen MR) is 85.6 cm³/mol. The fraction of sp³-hybridized carbons (Fsp3) is 0.412. The van der Waals surface area contributed by atoms with E-state index in [1.54, 1.807) is 24.3 Å². The number of carbonyl (C=O) groups is 1. The number of carbonyl (C=O) groups excluding carboxylic acids is 1. The first kappa shape index (κ1) is 17.6. The summed E-state index contributed by atoms with van der Waals surface area (Å²) in [7, 11) is 1.53. The van der Waals surface area contributed by atoms with Crippen molar-refractivity contribution in [3.63, 3.8) is 0 Å². The molecule has 5 nitrogen and oxygen atoms in total. The van der Waals surface area contributed by atoms with Crippen LogP contribution in [0.4, 0.5) is 0 Å². The largest absolute Gasteiger partial charge is 0.493 e. The standard InChI is InChI=1S/C17H22N2O3/c1-13(2)8-10-19-17(20)7-5-14-4-6-15(22-11-9-18)16(12-14)21-3/h4-7,12-13H,8,10-11H2,1-3H3,(H,19,20)/b7-5+. The van der Waals surface area contributed by atoms with Gasteiger partial charge in [0.15, 0.2) is 18.1 Å². The lowest BCUT2D eigenvalue weighted by Crippen LogP contribution is -2.23. The molecule has 0 saturated heterocycles. The number of amides is 1. The molecule has 0 aliphatic heterocycles. The fourth-order valence-electron chi connectivity index (χ4n) is 1.73. The highest BCUT2D eigenvalue weighted by Crippen LogP contribution is 2.28. The first-order chi connectivity index (χ1) is 10.6. The number of benzene rings is 1. The maximum absolute atomic E-state index is 11.7. The second kappa shape index (κ2) is 9.46. The number of hydrogen-bond donors (Lipinski definition) is 1. The molecule has 0 bridgehead atoms. The molecule has 0 atom stereocenters. The van der Waals surface area contributed by atoms with Crippen LogP contribution < -0.4 is 14.8 Å². The van der Waals surface area contributed by atoms with Gasteiger partial charge in [-0.05, 0) is 36.1 Å². The van der Waals surface area contributed by atoms with Crippen molar-refractivity contribution in [3.05, 3.63) is 29.8 Å². The van der Waals surface area contributed by atoms with Crippen molar-refractivity contribution in [1.82, 2.24) is 5.32 Å². The number of nitriles is 1. The van der Waals surface area contributed by atoms with Crippen molar-refractivity contribution < 1.29 is 14.3 Å². The minimum absolute atomic E-state index is 0.0379. The SMILES string of the molecule is COc1cc(/C=C/C(=O)NCCC(C)C)ccc1OCC#N. The molecular formula is C17H22N2O3. The number of methoxy groups -OCH3 is 1. The van der Waals surface area contributed by atoms with Crippen LogP contribution in [0.15, 0.2) is 24.3 Å². The molecule has 0 aliphatic carbocycles. The number of nitrogens with one attached hydrogen (secondary N) is 1. The van der Waals surface area contributed by atoms with Crippen LogP contribution in [-0.2, 0) is 4.79 Å². The molecule has 0 heterocycles. The normalized spacial score (nSPS) is 10.5. The number of ether oxygens (including phenoxy) is 2. The summed E-state index contributed by atoms with van der Waals surface area (Å²) in [5, 5.41) is 11.4. The van der Waals surface area contributed by atoms with Gasteiger partial charge >= 0.3 is 0 Å². The maximum atomic E-state index is 11.7. The first-order valence-electron chi connectivity index (χ1n) is 7.20. The van der Waals surface area contributed by atoms with Crippen molar-refractivity contribution >= 4 is 12.0 Å². The molecule has 0 unspecified atom stereocenters. The zero-order valence-electron chi connectivity index (χ0n) is 13.3. The summed E-state index contributed by atoms with van der Waals surface area (Å²) >= 11 is 0. The zero-order valence-corrected chi connectivity index (χ0v) is 13.3. The zero-order chi connectivity index (χ0) is 16.4. The van der Waals surface area contributed by atoms with Crippen LogP contribution in [0, 0.1) is 17.2 Å². The quantitative estimate of drug-likeness (QED) is 0.750. The van der Waals surface area contributed by atoms with Crippen LogP contribution in [0.3, 0.4) is 0 Å². The lowest BCUT2D eigenvalue weighted by Gasteiger charge is -2.08. The van der Waals surface area contributed by atoms with Crippen LogP contribution >= 0.6 is 0 Å². The van der Waals surface area contributed by atoms with Crippen LogP contribution in [0.1, 0.15) is 25.8 Å². The third kappa shape index (κ3) is 6.31. The molecule has 118 valence electrons. The molecule has 22 heavy (non-hydrogen) atoms. The van der Waals surface area contributed by atoms with Gasteiger partial charge in [-0.3, -0.25) is 4.79 Å². The molecule has 1 aromatic rings.